The summed E-state index contributed by atoms with van der Waals surface area (Å²) in [6.07, 6.45) is 0. The van der Waals surface area contributed by atoms with Gasteiger partial charge in [0.1, 0.15) is 0 Å². The fraction of sp³-hybridized carbons (Fsp3) is 0.0526. The number of nitrogens with one attached hydrogen (secondary N) is 2. The molecule has 1 heterocycles. The Hall–Kier alpha value is -3.72. The number of hydrogen-bond acceptors (Lipinski definition) is 5. The van der Waals surface area contributed by atoms with E-state index >= 15 is 0 Å². The molecule has 0 saturated heterocycles. The van der Waals surface area contributed by atoms with Crippen molar-refractivity contribution in [3.8, 4) is 6.07 Å². The molecule has 0 aliphatic carbocycles. The van der Waals surface area contributed by atoms with Gasteiger partial charge in [0.2, 0.25) is 0 Å². The molecule has 2 aromatic carbocycles. The van der Waals surface area contributed by atoms with Crippen molar-refractivity contribution < 1.29 is 4.79 Å². The highest BCUT2D eigenvalue weighted by Gasteiger charge is 2.08. The quantitative estimate of drug-likeness (QED) is 0.751. The van der Waals surface area contributed by atoms with Crippen LogP contribution >= 0.6 is 0 Å². The first-order chi connectivity index (χ1) is 12.2. The van der Waals surface area contributed by atoms with Crippen molar-refractivity contribution in [2.75, 3.05) is 5.32 Å². The summed E-state index contributed by atoms with van der Waals surface area (Å²) in [6, 6.07) is 22.0. The molecule has 122 valence electrons. The van der Waals surface area contributed by atoms with Crippen LogP contribution < -0.4 is 10.6 Å². The van der Waals surface area contributed by atoms with Gasteiger partial charge in [0.15, 0.2) is 11.5 Å². The van der Waals surface area contributed by atoms with E-state index in [4.69, 9.17) is 5.26 Å². The molecule has 3 aromatic rings. The number of nitrogens with zero attached hydrogens (tertiary/aromatic N) is 3. The number of amides is 1. The predicted molar refractivity (Wildman–Crippen MR) is 94.1 cm³/mol. The van der Waals surface area contributed by atoms with Gasteiger partial charge in [0.05, 0.1) is 11.6 Å². The summed E-state index contributed by atoms with van der Waals surface area (Å²) < 4.78 is 0. The van der Waals surface area contributed by atoms with Crippen molar-refractivity contribution in [1.82, 2.24) is 15.5 Å². The van der Waals surface area contributed by atoms with Gasteiger partial charge in [-0.1, -0.05) is 36.4 Å². The molecule has 0 unspecified atom stereocenters. The number of aromatic nitrogens is 2. The summed E-state index contributed by atoms with van der Waals surface area (Å²) in [7, 11) is 0. The maximum absolute atomic E-state index is 12.1. The Bertz CT molecular complexity index is 901. The molecular formula is C19H15N5O. The number of nitriles is 1. The van der Waals surface area contributed by atoms with Crippen molar-refractivity contribution in [2.24, 2.45) is 0 Å². The monoisotopic (exact) mass is 329 g/mol. The zero-order valence-electron chi connectivity index (χ0n) is 13.3. The van der Waals surface area contributed by atoms with E-state index in [9.17, 15) is 4.79 Å². The molecule has 0 aliphatic heterocycles. The van der Waals surface area contributed by atoms with Crippen LogP contribution in [0.1, 0.15) is 21.6 Å². The first kappa shape index (κ1) is 16.1. The summed E-state index contributed by atoms with van der Waals surface area (Å²) >= 11 is 0. The van der Waals surface area contributed by atoms with Crippen LogP contribution in [0.15, 0.2) is 66.7 Å². The molecular weight excluding hydrogens is 314 g/mol. The molecule has 0 radical (unpaired) electrons. The van der Waals surface area contributed by atoms with Crippen LogP contribution in [-0.2, 0) is 6.54 Å². The average molecular weight is 329 g/mol. The molecule has 0 aliphatic rings. The first-order valence-electron chi connectivity index (χ1n) is 7.67. The maximum Gasteiger partial charge on any atom is 0.272 e. The zero-order chi connectivity index (χ0) is 17.5. The van der Waals surface area contributed by atoms with Gasteiger partial charge in [0, 0.05) is 12.2 Å². The molecule has 25 heavy (non-hydrogen) atoms. The van der Waals surface area contributed by atoms with Crippen LogP contribution in [0, 0.1) is 11.3 Å². The number of carbonyl (C=O) groups is 1. The van der Waals surface area contributed by atoms with Crippen LogP contribution in [0.25, 0.3) is 0 Å². The second-order valence-corrected chi connectivity index (χ2v) is 5.29. The number of benzene rings is 2. The van der Waals surface area contributed by atoms with Crippen molar-refractivity contribution in [3.63, 3.8) is 0 Å². The smallest absolute Gasteiger partial charge is 0.272 e. The Balaban J connectivity index is 1.61. The molecule has 3 rings (SSSR count). The standard InChI is InChI=1S/C19H15N5O/c20-12-15-7-4-8-16(11-15)22-18-10-9-17(23-24-18)19(25)21-13-14-5-2-1-3-6-14/h1-11H,13H2,(H,21,25)(H,22,24). The van der Waals surface area contributed by atoms with Crippen molar-refractivity contribution in [1.29, 1.82) is 5.26 Å². The predicted octanol–water partition coefficient (Wildman–Crippen LogP) is 3.02. The number of rotatable bonds is 5. The number of hydrogen-bond donors (Lipinski definition) is 2. The summed E-state index contributed by atoms with van der Waals surface area (Å²) in [6.45, 7) is 0.433. The van der Waals surface area contributed by atoms with E-state index in [2.05, 4.69) is 26.9 Å². The minimum absolute atomic E-state index is 0.243. The first-order valence-corrected chi connectivity index (χ1v) is 7.67. The van der Waals surface area contributed by atoms with Crippen LogP contribution in [0.3, 0.4) is 0 Å². The SMILES string of the molecule is N#Cc1cccc(Nc2ccc(C(=O)NCc3ccccc3)nn2)c1. The van der Waals surface area contributed by atoms with E-state index in [-0.39, 0.29) is 11.6 Å². The Morgan fingerprint density at radius 3 is 2.56 bits per heavy atom. The van der Waals surface area contributed by atoms with Gasteiger partial charge in [-0.2, -0.15) is 5.26 Å². The summed E-state index contributed by atoms with van der Waals surface area (Å²) in [5, 5.41) is 22.7. The molecule has 0 spiro atoms. The van der Waals surface area contributed by atoms with Gasteiger partial charge in [-0.15, -0.1) is 10.2 Å². The van der Waals surface area contributed by atoms with Crippen LogP contribution in [0.4, 0.5) is 11.5 Å². The molecule has 0 bridgehead atoms. The fourth-order valence-electron chi connectivity index (χ4n) is 2.20. The van der Waals surface area contributed by atoms with Crippen molar-refractivity contribution >= 4 is 17.4 Å². The number of carbonyl (C=O) groups excluding carboxylic acids is 1. The second kappa shape index (κ2) is 7.70. The van der Waals surface area contributed by atoms with Crippen molar-refractivity contribution in [2.45, 2.75) is 6.54 Å². The molecule has 0 saturated carbocycles. The molecule has 1 aromatic heterocycles. The lowest BCUT2D eigenvalue weighted by molar-refractivity contribution is 0.0945. The normalized spacial score (nSPS) is 9.88. The highest BCUT2D eigenvalue weighted by atomic mass is 16.1. The minimum Gasteiger partial charge on any atom is -0.347 e. The van der Waals surface area contributed by atoms with E-state index < -0.39 is 0 Å². The van der Waals surface area contributed by atoms with E-state index in [0.717, 1.165) is 11.3 Å². The lowest BCUT2D eigenvalue weighted by Crippen LogP contribution is -2.24. The Morgan fingerprint density at radius 2 is 1.84 bits per heavy atom. The van der Waals surface area contributed by atoms with Gasteiger partial charge >= 0.3 is 0 Å². The maximum atomic E-state index is 12.1. The molecule has 6 nitrogen and oxygen atoms in total. The third-order valence-electron chi connectivity index (χ3n) is 3.46. The third kappa shape index (κ3) is 4.39. The summed E-state index contributed by atoms with van der Waals surface area (Å²) in [4.78, 5) is 12.1. The highest BCUT2D eigenvalue weighted by Crippen LogP contribution is 2.15. The topological polar surface area (TPSA) is 90.7 Å². The largest absolute Gasteiger partial charge is 0.347 e. The van der Waals surface area contributed by atoms with Crippen LogP contribution in [0.2, 0.25) is 0 Å². The van der Waals surface area contributed by atoms with Crippen LogP contribution in [-0.4, -0.2) is 16.1 Å². The Labute approximate surface area is 145 Å². The van der Waals surface area contributed by atoms with E-state index in [0.29, 0.717) is 17.9 Å². The highest BCUT2D eigenvalue weighted by molar-refractivity contribution is 5.92. The van der Waals surface area contributed by atoms with Gasteiger partial charge in [-0.3, -0.25) is 4.79 Å². The third-order valence-corrected chi connectivity index (χ3v) is 3.46. The van der Waals surface area contributed by atoms with Gasteiger partial charge in [0.25, 0.3) is 5.91 Å². The molecule has 0 atom stereocenters. The van der Waals surface area contributed by atoms with Gasteiger partial charge < -0.3 is 10.6 Å². The molecule has 1 amide bonds. The average Bonchev–Trinajstić information content (AvgIpc) is 2.67. The fourth-order valence-corrected chi connectivity index (χ4v) is 2.20. The van der Waals surface area contributed by atoms with E-state index in [1.807, 2.05) is 36.4 Å². The lowest BCUT2D eigenvalue weighted by Gasteiger charge is -2.07. The van der Waals surface area contributed by atoms with E-state index in [1.54, 1.807) is 30.3 Å². The van der Waals surface area contributed by atoms with Crippen LogP contribution in [0.5, 0.6) is 0 Å². The summed E-state index contributed by atoms with van der Waals surface area (Å²) in [5.74, 6) is 0.212. The van der Waals surface area contributed by atoms with Crippen molar-refractivity contribution in [3.05, 3.63) is 83.6 Å². The molecule has 0 fully saturated rings. The Morgan fingerprint density at radius 1 is 1.00 bits per heavy atom. The van der Waals surface area contributed by atoms with Gasteiger partial charge in [-0.05, 0) is 35.9 Å². The molecule has 2 N–H and O–H groups in total. The van der Waals surface area contributed by atoms with E-state index in [1.165, 1.54) is 0 Å². The van der Waals surface area contributed by atoms with Gasteiger partial charge in [-0.25, -0.2) is 0 Å². The summed E-state index contributed by atoms with van der Waals surface area (Å²) in [5.41, 5.74) is 2.54. The zero-order valence-corrected chi connectivity index (χ0v) is 13.3. The molecule has 6 heteroatoms. The second-order valence-electron chi connectivity index (χ2n) is 5.29. The number of anilines is 2. The lowest BCUT2D eigenvalue weighted by atomic mass is 10.2. The minimum atomic E-state index is -0.283. The Kier molecular flexibility index (Phi) is 4.98.